The van der Waals surface area contributed by atoms with E-state index in [4.69, 9.17) is 11.6 Å². The van der Waals surface area contributed by atoms with Gasteiger partial charge in [0.25, 0.3) is 5.56 Å². The number of aromatic hydroxyl groups is 2. The maximum absolute atomic E-state index is 13.7. The molecule has 8 nitrogen and oxygen atoms in total. The van der Waals surface area contributed by atoms with E-state index in [0.29, 0.717) is 32.9 Å². The lowest BCUT2D eigenvalue weighted by atomic mass is 9.98. The van der Waals surface area contributed by atoms with Crippen LogP contribution in [0.1, 0.15) is 17.3 Å². The number of fused-ring (bicyclic) bond motifs is 5. The molecule has 0 spiro atoms. The van der Waals surface area contributed by atoms with Crippen LogP contribution in [0.2, 0.25) is 5.02 Å². The highest BCUT2D eigenvalue weighted by molar-refractivity contribution is 6.30. The lowest BCUT2D eigenvalue weighted by Gasteiger charge is -2.31. The van der Waals surface area contributed by atoms with Crippen LogP contribution >= 0.6 is 11.6 Å². The van der Waals surface area contributed by atoms with Gasteiger partial charge in [-0.1, -0.05) is 35.9 Å². The minimum Gasteiger partial charge on any atom is -0.508 e. The third-order valence-corrected chi connectivity index (χ3v) is 7.02. The van der Waals surface area contributed by atoms with E-state index in [1.54, 1.807) is 25.2 Å². The van der Waals surface area contributed by atoms with Gasteiger partial charge in [0.1, 0.15) is 11.5 Å². The van der Waals surface area contributed by atoms with Crippen LogP contribution in [-0.2, 0) is 14.1 Å². The molecule has 0 aliphatic carbocycles. The number of aromatic nitrogens is 3. The molecule has 1 atom stereocenters. The normalized spacial score (nSPS) is 14.4. The zero-order chi connectivity index (χ0) is 25.3. The van der Waals surface area contributed by atoms with Crippen molar-refractivity contribution < 1.29 is 10.2 Å². The van der Waals surface area contributed by atoms with E-state index < -0.39 is 17.3 Å². The van der Waals surface area contributed by atoms with Gasteiger partial charge in [-0.05, 0) is 42.0 Å². The van der Waals surface area contributed by atoms with E-state index in [1.165, 1.54) is 23.7 Å². The van der Waals surface area contributed by atoms with Crippen LogP contribution in [0.5, 0.6) is 11.5 Å². The second-order valence-electron chi connectivity index (χ2n) is 8.84. The van der Waals surface area contributed by atoms with Crippen molar-refractivity contribution in [3.8, 4) is 28.4 Å². The van der Waals surface area contributed by atoms with E-state index in [9.17, 15) is 19.8 Å². The summed E-state index contributed by atoms with van der Waals surface area (Å²) in [4.78, 5) is 26.7. The number of nitrogens with one attached hydrogen (secondary N) is 1. The third-order valence-electron chi connectivity index (χ3n) is 6.77. The third kappa shape index (κ3) is 3.01. The number of rotatable bonds is 2. The quantitative estimate of drug-likeness (QED) is 0.336. The van der Waals surface area contributed by atoms with Crippen molar-refractivity contribution >= 4 is 28.2 Å². The maximum atomic E-state index is 13.7. The van der Waals surface area contributed by atoms with Crippen LogP contribution in [0.4, 0.5) is 5.69 Å². The second kappa shape index (κ2) is 7.79. The Kier molecular flexibility index (Phi) is 4.77. The zero-order valence-electron chi connectivity index (χ0n) is 19.4. The average Bonchev–Trinajstić information content (AvgIpc) is 3.23. The predicted octanol–water partition coefficient (Wildman–Crippen LogP) is 4.27. The molecule has 9 heteroatoms. The molecule has 0 radical (unpaired) electrons. The predicted molar refractivity (Wildman–Crippen MR) is 139 cm³/mol. The number of halogens is 1. The lowest BCUT2D eigenvalue weighted by Crippen LogP contribution is -2.37. The Bertz CT molecular complexity index is 1820. The van der Waals surface area contributed by atoms with E-state index >= 15 is 0 Å². The van der Waals surface area contributed by atoms with Crippen molar-refractivity contribution in [1.29, 1.82) is 0 Å². The van der Waals surface area contributed by atoms with Crippen LogP contribution in [0.15, 0.2) is 76.3 Å². The van der Waals surface area contributed by atoms with E-state index in [-0.39, 0.29) is 11.5 Å². The number of hydrogen-bond donors (Lipinski definition) is 3. The molecule has 1 aliphatic heterocycles. The van der Waals surface area contributed by atoms with Crippen LogP contribution < -0.4 is 16.6 Å². The monoisotopic (exact) mass is 500 g/mol. The Morgan fingerprint density at radius 2 is 1.64 bits per heavy atom. The van der Waals surface area contributed by atoms with Crippen molar-refractivity contribution in [2.24, 2.45) is 14.1 Å². The largest absolute Gasteiger partial charge is 0.508 e. The summed E-state index contributed by atoms with van der Waals surface area (Å²) < 4.78 is 4.53. The van der Waals surface area contributed by atoms with E-state index in [2.05, 4.69) is 5.32 Å². The summed E-state index contributed by atoms with van der Waals surface area (Å²) in [7, 11) is 3.09. The minimum atomic E-state index is -0.637. The number of anilines is 1. The summed E-state index contributed by atoms with van der Waals surface area (Å²) >= 11 is 6.18. The number of aryl methyl sites for hydroxylation is 1. The van der Waals surface area contributed by atoms with Gasteiger partial charge in [0.2, 0.25) is 0 Å². The molecule has 180 valence electrons. The summed E-state index contributed by atoms with van der Waals surface area (Å²) in [6.07, 6.45) is 0. The van der Waals surface area contributed by atoms with Crippen LogP contribution in [0, 0.1) is 0 Å². The number of benzene rings is 3. The van der Waals surface area contributed by atoms with Gasteiger partial charge in [0, 0.05) is 30.7 Å². The van der Waals surface area contributed by atoms with E-state index in [1.807, 2.05) is 41.0 Å². The highest BCUT2D eigenvalue weighted by atomic mass is 35.5. The van der Waals surface area contributed by atoms with Gasteiger partial charge in [0.05, 0.1) is 39.7 Å². The second-order valence-corrected chi connectivity index (χ2v) is 9.28. The highest BCUT2D eigenvalue weighted by Crippen LogP contribution is 2.47. The smallest absolute Gasteiger partial charge is 0.331 e. The molecule has 36 heavy (non-hydrogen) atoms. The summed E-state index contributed by atoms with van der Waals surface area (Å²) in [5.74, 6) is -0.189. The van der Waals surface area contributed by atoms with Gasteiger partial charge in [-0.2, -0.15) is 0 Å². The number of para-hydroxylation sites is 2. The molecule has 2 aromatic heterocycles. The van der Waals surface area contributed by atoms with Gasteiger partial charge in [-0.25, -0.2) is 4.79 Å². The molecule has 3 N–H and O–H groups in total. The van der Waals surface area contributed by atoms with Gasteiger partial charge in [-0.15, -0.1) is 0 Å². The topological polar surface area (TPSA) is 101 Å². The zero-order valence-corrected chi connectivity index (χ0v) is 20.1. The lowest BCUT2D eigenvalue weighted by molar-refractivity contribution is 0.444. The Labute approximate surface area is 209 Å². The number of phenols is 2. The summed E-state index contributed by atoms with van der Waals surface area (Å²) in [6.45, 7) is 0. The van der Waals surface area contributed by atoms with Crippen molar-refractivity contribution in [3.05, 3.63) is 104 Å². The minimum absolute atomic E-state index is 0.0733. The summed E-state index contributed by atoms with van der Waals surface area (Å²) in [6, 6.07) is 18.6. The van der Waals surface area contributed by atoms with Gasteiger partial charge in [-0.3, -0.25) is 13.9 Å². The fraction of sp³-hybridized carbons (Fsp3) is 0.111. The summed E-state index contributed by atoms with van der Waals surface area (Å²) in [5, 5.41) is 25.1. The van der Waals surface area contributed by atoms with Crippen molar-refractivity contribution in [1.82, 2.24) is 13.7 Å². The van der Waals surface area contributed by atoms with Crippen LogP contribution in [-0.4, -0.2) is 23.9 Å². The number of nitrogens with zero attached hydrogens (tertiary/aromatic N) is 3. The Morgan fingerprint density at radius 1 is 0.917 bits per heavy atom. The van der Waals surface area contributed by atoms with Gasteiger partial charge < -0.3 is 20.1 Å². The first-order chi connectivity index (χ1) is 17.3. The number of hydrogen-bond acceptors (Lipinski definition) is 5. The first-order valence-corrected chi connectivity index (χ1v) is 11.6. The van der Waals surface area contributed by atoms with Crippen molar-refractivity contribution in [2.45, 2.75) is 6.04 Å². The van der Waals surface area contributed by atoms with Crippen molar-refractivity contribution in [2.75, 3.05) is 5.32 Å². The SMILES string of the molecule is Cn1c(=O)c2c(-c3ccc(Cl)cc3)n3c(c2n(C)c1=O)[C@@H](c1ccc(O)cc1O)Nc1ccccc1-3. The first-order valence-electron chi connectivity index (χ1n) is 11.3. The van der Waals surface area contributed by atoms with Crippen LogP contribution in [0.3, 0.4) is 0 Å². The molecule has 3 aromatic carbocycles. The fourth-order valence-corrected chi connectivity index (χ4v) is 5.23. The maximum Gasteiger partial charge on any atom is 0.331 e. The van der Waals surface area contributed by atoms with Crippen molar-refractivity contribution in [3.63, 3.8) is 0 Å². The molecular weight excluding hydrogens is 480 g/mol. The molecule has 1 aliphatic rings. The molecular formula is C27H21ClN4O4. The van der Waals surface area contributed by atoms with Gasteiger partial charge >= 0.3 is 5.69 Å². The fourth-order valence-electron chi connectivity index (χ4n) is 5.11. The highest BCUT2D eigenvalue weighted by Gasteiger charge is 2.35. The molecule has 0 saturated carbocycles. The van der Waals surface area contributed by atoms with Gasteiger partial charge in [0.15, 0.2) is 0 Å². The van der Waals surface area contributed by atoms with Crippen LogP contribution in [0.25, 0.3) is 27.8 Å². The molecule has 0 unspecified atom stereocenters. The standard InChI is InChI=1S/C27H21ClN4O4/c1-30-24-21(26(35)31(2)27(30)36)23(14-7-9-15(28)10-8-14)32-19-6-4-3-5-18(19)29-22(25(24)32)17-12-11-16(33)13-20(17)34/h3-13,22,29,33-34H,1-2H3/t22-/m1/s1. The molecule has 5 aromatic rings. The Balaban J connectivity index is 1.86. The molecule has 0 saturated heterocycles. The molecule has 3 heterocycles. The average molecular weight is 501 g/mol. The van der Waals surface area contributed by atoms with E-state index in [0.717, 1.165) is 21.5 Å². The first kappa shape index (κ1) is 22.1. The Morgan fingerprint density at radius 3 is 2.36 bits per heavy atom. The molecule has 0 bridgehead atoms. The number of phenolic OH excluding ortho intramolecular Hbond substituents is 2. The Hall–Kier alpha value is -4.43. The summed E-state index contributed by atoms with van der Waals surface area (Å²) in [5.41, 5.74) is 3.60. The molecule has 0 amide bonds. The molecule has 6 rings (SSSR count). The molecule has 0 fully saturated rings.